The Bertz CT molecular complexity index is 861. The van der Waals surface area contributed by atoms with Crippen LogP contribution < -0.4 is 4.90 Å². The topological polar surface area (TPSA) is 80.8 Å². The average molecular weight is 375 g/mol. The van der Waals surface area contributed by atoms with Gasteiger partial charge in [-0.05, 0) is 36.8 Å². The molecular formula is C19H21NO5S. The van der Waals surface area contributed by atoms with Crippen molar-refractivity contribution in [2.75, 3.05) is 24.3 Å². The number of anilines is 1. The van der Waals surface area contributed by atoms with Crippen molar-refractivity contribution >= 4 is 27.4 Å². The van der Waals surface area contributed by atoms with Crippen molar-refractivity contribution in [3.8, 4) is 0 Å². The Morgan fingerprint density at radius 1 is 1.00 bits per heavy atom. The van der Waals surface area contributed by atoms with Crippen LogP contribution in [0.2, 0.25) is 0 Å². The summed E-state index contributed by atoms with van der Waals surface area (Å²) in [5.74, 6) is -1.04. The molecule has 138 valence electrons. The molecule has 0 atom stereocenters. The minimum Gasteiger partial charge on any atom is -0.452 e. The van der Waals surface area contributed by atoms with Crippen LogP contribution in [0.4, 0.5) is 5.69 Å². The summed E-state index contributed by atoms with van der Waals surface area (Å²) in [5, 5.41) is 0. The minimum atomic E-state index is -3.14. The third kappa shape index (κ3) is 5.70. The van der Waals surface area contributed by atoms with Crippen molar-refractivity contribution in [3.63, 3.8) is 0 Å². The third-order valence-corrected chi connectivity index (χ3v) is 4.49. The fourth-order valence-electron chi connectivity index (χ4n) is 2.44. The number of nitrogens with zero attached hydrogens (tertiary/aromatic N) is 1. The van der Waals surface area contributed by atoms with Gasteiger partial charge in [-0.2, -0.15) is 0 Å². The summed E-state index contributed by atoms with van der Waals surface area (Å²) < 4.78 is 27.6. The van der Waals surface area contributed by atoms with Crippen LogP contribution in [0.15, 0.2) is 54.6 Å². The molecule has 0 bridgehead atoms. The van der Waals surface area contributed by atoms with E-state index in [0.29, 0.717) is 12.1 Å². The Balaban J connectivity index is 1.96. The van der Waals surface area contributed by atoms with Crippen LogP contribution in [0, 0.1) is 0 Å². The predicted molar refractivity (Wildman–Crippen MR) is 99.7 cm³/mol. The highest BCUT2D eigenvalue weighted by molar-refractivity contribution is 7.89. The number of benzene rings is 2. The summed E-state index contributed by atoms with van der Waals surface area (Å²) in [6.45, 7) is 1.93. The van der Waals surface area contributed by atoms with Crippen LogP contribution in [0.5, 0.6) is 0 Å². The van der Waals surface area contributed by atoms with Gasteiger partial charge in [-0.3, -0.25) is 4.79 Å². The molecule has 7 heteroatoms. The number of ether oxygens (including phenoxy) is 1. The molecule has 0 fully saturated rings. The van der Waals surface area contributed by atoms with E-state index in [4.69, 9.17) is 4.74 Å². The van der Waals surface area contributed by atoms with Crippen molar-refractivity contribution in [2.24, 2.45) is 0 Å². The van der Waals surface area contributed by atoms with Crippen LogP contribution in [-0.2, 0) is 25.1 Å². The number of para-hydroxylation sites is 1. The maximum Gasteiger partial charge on any atom is 0.338 e. The summed E-state index contributed by atoms with van der Waals surface area (Å²) in [4.78, 5) is 25.9. The SMILES string of the molecule is CCN(C(=O)COC(=O)c1ccc(CS(C)(=O)=O)cc1)c1ccccc1. The molecule has 0 N–H and O–H groups in total. The van der Waals surface area contributed by atoms with Gasteiger partial charge in [0.2, 0.25) is 0 Å². The first kappa shape index (κ1) is 19.7. The average Bonchev–Trinajstić information content (AvgIpc) is 2.60. The molecule has 2 rings (SSSR count). The first-order valence-electron chi connectivity index (χ1n) is 8.09. The van der Waals surface area contributed by atoms with E-state index < -0.39 is 15.8 Å². The highest BCUT2D eigenvalue weighted by atomic mass is 32.2. The van der Waals surface area contributed by atoms with Gasteiger partial charge in [0.05, 0.1) is 11.3 Å². The molecule has 0 unspecified atom stereocenters. The zero-order valence-corrected chi connectivity index (χ0v) is 15.5. The molecule has 0 aliphatic carbocycles. The molecule has 0 saturated carbocycles. The first-order chi connectivity index (χ1) is 12.3. The molecule has 0 spiro atoms. The number of carbonyl (C=O) groups is 2. The van der Waals surface area contributed by atoms with Crippen LogP contribution in [0.1, 0.15) is 22.8 Å². The van der Waals surface area contributed by atoms with Gasteiger partial charge in [-0.25, -0.2) is 13.2 Å². The molecule has 0 heterocycles. The number of rotatable bonds is 7. The molecule has 0 radical (unpaired) electrons. The lowest BCUT2D eigenvalue weighted by atomic mass is 10.1. The van der Waals surface area contributed by atoms with Crippen molar-refractivity contribution in [1.29, 1.82) is 0 Å². The number of likely N-dealkylation sites (N-methyl/N-ethyl adjacent to an activating group) is 1. The Hall–Kier alpha value is -2.67. The third-order valence-electron chi connectivity index (χ3n) is 3.63. The maximum atomic E-state index is 12.3. The first-order valence-corrected chi connectivity index (χ1v) is 10.2. The monoisotopic (exact) mass is 375 g/mol. The van der Waals surface area contributed by atoms with Gasteiger partial charge in [-0.15, -0.1) is 0 Å². The molecule has 2 aromatic rings. The van der Waals surface area contributed by atoms with Crippen molar-refractivity contribution in [1.82, 2.24) is 0 Å². The van der Waals surface area contributed by atoms with E-state index in [1.165, 1.54) is 17.0 Å². The van der Waals surface area contributed by atoms with Crippen LogP contribution in [0.3, 0.4) is 0 Å². The molecule has 0 saturated heterocycles. The highest BCUT2D eigenvalue weighted by Gasteiger charge is 2.17. The maximum absolute atomic E-state index is 12.3. The van der Waals surface area contributed by atoms with Gasteiger partial charge in [0.25, 0.3) is 5.91 Å². The van der Waals surface area contributed by atoms with Gasteiger partial charge < -0.3 is 9.64 Å². The van der Waals surface area contributed by atoms with E-state index in [0.717, 1.165) is 11.9 Å². The number of amides is 1. The van der Waals surface area contributed by atoms with Crippen LogP contribution >= 0.6 is 0 Å². The van der Waals surface area contributed by atoms with E-state index in [1.807, 2.05) is 37.3 Å². The van der Waals surface area contributed by atoms with Crippen molar-refractivity contribution < 1.29 is 22.7 Å². The van der Waals surface area contributed by atoms with Gasteiger partial charge in [0.15, 0.2) is 16.4 Å². The van der Waals surface area contributed by atoms with Crippen LogP contribution in [-0.4, -0.2) is 39.7 Å². The molecule has 26 heavy (non-hydrogen) atoms. The zero-order chi connectivity index (χ0) is 19.2. The molecule has 0 aromatic heterocycles. The molecule has 2 aromatic carbocycles. The van der Waals surface area contributed by atoms with Gasteiger partial charge in [0, 0.05) is 18.5 Å². The minimum absolute atomic E-state index is 0.0939. The summed E-state index contributed by atoms with van der Waals surface area (Å²) in [5.41, 5.74) is 1.58. The standard InChI is InChI=1S/C19H21NO5S/c1-3-20(17-7-5-4-6-8-17)18(21)13-25-19(22)16-11-9-15(10-12-16)14-26(2,23)24/h4-12H,3,13-14H2,1-2H3. The van der Waals surface area contributed by atoms with E-state index in [9.17, 15) is 18.0 Å². The summed E-state index contributed by atoms with van der Waals surface area (Å²) in [7, 11) is -3.14. The summed E-state index contributed by atoms with van der Waals surface area (Å²) in [6, 6.07) is 15.2. The van der Waals surface area contributed by atoms with Crippen LogP contribution in [0.25, 0.3) is 0 Å². The van der Waals surface area contributed by atoms with Gasteiger partial charge in [0.1, 0.15) is 0 Å². The largest absolute Gasteiger partial charge is 0.452 e. The zero-order valence-electron chi connectivity index (χ0n) is 14.7. The van der Waals surface area contributed by atoms with E-state index in [2.05, 4.69) is 0 Å². The van der Waals surface area contributed by atoms with E-state index >= 15 is 0 Å². The number of hydrogen-bond acceptors (Lipinski definition) is 5. The lowest BCUT2D eigenvalue weighted by molar-refractivity contribution is -0.121. The molecule has 1 amide bonds. The number of carbonyl (C=O) groups excluding carboxylic acids is 2. The fourth-order valence-corrected chi connectivity index (χ4v) is 3.24. The Kier molecular flexibility index (Phi) is 6.52. The normalized spacial score (nSPS) is 11.0. The van der Waals surface area contributed by atoms with Gasteiger partial charge >= 0.3 is 5.97 Å². The van der Waals surface area contributed by atoms with Crippen molar-refractivity contribution in [3.05, 3.63) is 65.7 Å². The number of esters is 1. The molecular weight excluding hydrogens is 354 g/mol. The second-order valence-corrected chi connectivity index (χ2v) is 7.96. The molecule has 0 aliphatic heterocycles. The highest BCUT2D eigenvalue weighted by Crippen LogP contribution is 2.14. The summed E-state index contributed by atoms with van der Waals surface area (Å²) in [6.07, 6.45) is 1.15. The number of sulfone groups is 1. The molecule has 6 nitrogen and oxygen atoms in total. The smallest absolute Gasteiger partial charge is 0.338 e. The van der Waals surface area contributed by atoms with Gasteiger partial charge in [-0.1, -0.05) is 30.3 Å². The van der Waals surface area contributed by atoms with E-state index in [1.54, 1.807) is 12.1 Å². The lowest BCUT2D eigenvalue weighted by Gasteiger charge is -2.20. The fraction of sp³-hybridized carbons (Fsp3) is 0.263. The Morgan fingerprint density at radius 3 is 2.15 bits per heavy atom. The molecule has 0 aliphatic rings. The van der Waals surface area contributed by atoms with Crippen molar-refractivity contribution in [2.45, 2.75) is 12.7 Å². The quantitative estimate of drug-likeness (QED) is 0.695. The predicted octanol–water partition coefficient (Wildman–Crippen LogP) is 2.44. The second-order valence-electron chi connectivity index (χ2n) is 5.82. The summed E-state index contributed by atoms with van der Waals surface area (Å²) >= 11 is 0. The lowest BCUT2D eigenvalue weighted by Crippen LogP contribution is -2.34. The second kappa shape index (κ2) is 8.62. The van der Waals surface area contributed by atoms with E-state index in [-0.39, 0.29) is 23.8 Å². The Morgan fingerprint density at radius 2 is 1.62 bits per heavy atom. The Labute approximate surface area is 153 Å². The number of hydrogen-bond donors (Lipinski definition) is 0.